The van der Waals surface area contributed by atoms with E-state index in [1.807, 2.05) is 42.5 Å². The average molecular weight is 546 g/mol. The molecule has 0 saturated carbocycles. The van der Waals surface area contributed by atoms with Gasteiger partial charge in [-0.05, 0) is 77.8 Å². The average Bonchev–Trinajstić information content (AvgIpc) is 3.33. The molecule has 0 spiro atoms. The molecule has 1 aromatic heterocycles. The lowest BCUT2D eigenvalue weighted by molar-refractivity contribution is -0.113. The zero-order valence-electron chi connectivity index (χ0n) is 22.1. The number of aliphatic imine (C=N–C) groups is 1. The quantitative estimate of drug-likeness (QED) is 0.424. The second-order valence-electron chi connectivity index (χ2n) is 10.0. The largest absolute Gasteiger partial charge is 0.378 e. The van der Waals surface area contributed by atoms with Crippen LogP contribution in [0.3, 0.4) is 0 Å². The number of thioether (sulfide) groups is 1. The number of benzene rings is 2. The van der Waals surface area contributed by atoms with Crippen LogP contribution in [0, 0.1) is 5.82 Å². The first-order valence-corrected chi connectivity index (χ1v) is 14.4. The molecular weight excluding hydrogens is 513 g/mol. The molecule has 2 fully saturated rings. The molecule has 6 rings (SSSR count). The first-order chi connectivity index (χ1) is 19.1. The minimum Gasteiger partial charge on any atom is -0.378 e. The summed E-state index contributed by atoms with van der Waals surface area (Å²) in [6.07, 6.45) is 4.77. The molecule has 7 nitrogen and oxygen atoms in total. The minimum atomic E-state index is -0.221. The van der Waals surface area contributed by atoms with Crippen molar-refractivity contribution in [3.05, 3.63) is 64.9 Å². The predicted molar refractivity (Wildman–Crippen MR) is 156 cm³/mol. The molecule has 3 aliphatic heterocycles. The Kier molecular flexibility index (Phi) is 7.63. The molecule has 1 amide bonds. The van der Waals surface area contributed by atoms with Gasteiger partial charge in [-0.1, -0.05) is 19.1 Å². The molecule has 4 heterocycles. The molecule has 3 aromatic rings. The van der Waals surface area contributed by atoms with Crippen molar-refractivity contribution in [2.45, 2.75) is 13.3 Å². The molecule has 2 saturated heterocycles. The van der Waals surface area contributed by atoms with E-state index in [0.717, 1.165) is 85.0 Å². The molecule has 0 unspecified atom stereocenters. The van der Waals surface area contributed by atoms with Gasteiger partial charge in [0.05, 0.1) is 29.3 Å². The Morgan fingerprint density at radius 1 is 1.00 bits per heavy atom. The number of nitrogens with zero attached hydrogens (tertiary/aromatic N) is 5. The molecule has 3 aliphatic rings. The number of piperazine rings is 1. The zero-order valence-corrected chi connectivity index (χ0v) is 22.9. The van der Waals surface area contributed by atoms with Gasteiger partial charge in [0.1, 0.15) is 5.82 Å². The van der Waals surface area contributed by atoms with Gasteiger partial charge in [-0.2, -0.15) is 4.99 Å². The highest BCUT2D eigenvalue weighted by Crippen LogP contribution is 2.34. The Hall–Kier alpha value is -3.27. The molecule has 0 aliphatic carbocycles. The van der Waals surface area contributed by atoms with Crippen LogP contribution in [0.15, 0.2) is 58.6 Å². The Morgan fingerprint density at radius 3 is 2.59 bits per heavy atom. The molecule has 9 heteroatoms. The number of anilines is 1. The first kappa shape index (κ1) is 26.0. The van der Waals surface area contributed by atoms with E-state index in [1.165, 1.54) is 11.8 Å². The maximum Gasteiger partial charge on any atom is 0.286 e. The maximum atomic E-state index is 15.4. The normalized spacial score (nSPS) is 19.8. The van der Waals surface area contributed by atoms with E-state index >= 15 is 4.39 Å². The fourth-order valence-electron chi connectivity index (χ4n) is 5.40. The monoisotopic (exact) mass is 545 g/mol. The molecule has 0 bridgehead atoms. The number of morpholine rings is 1. The van der Waals surface area contributed by atoms with Gasteiger partial charge in [-0.25, -0.2) is 4.39 Å². The zero-order chi connectivity index (χ0) is 26.8. The van der Waals surface area contributed by atoms with E-state index < -0.39 is 0 Å². The smallest absolute Gasteiger partial charge is 0.286 e. The van der Waals surface area contributed by atoms with Gasteiger partial charge in [-0.3, -0.25) is 14.7 Å². The molecule has 39 heavy (non-hydrogen) atoms. The Bertz CT molecular complexity index is 1440. The maximum absolute atomic E-state index is 15.4. The van der Waals surface area contributed by atoms with E-state index in [0.29, 0.717) is 23.8 Å². The summed E-state index contributed by atoms with van der Waals surface area (Å²) in [5, 5.41) is 1.65. The van der Waals surface area contributed by atoms with Crippen LogP contribution in [-0.2, 0) is 9.53 Å². The number of halogens is 1. The third kappa shape index (κ3) is 5.57. The summed E-state index contributed by atoms with van der Waals surface area (Å²) < 4.78 is 20.8. The molecule has 202 valence electrons. The fraction of sp³-hybridized carbons (Fsp3) is 0.367. The molecular formula is C30H32FN5O2S. The van der Waals surface area contributed by atoms with E-state index in [9.17, 15) is 4.79 Å². The highest BCUT2D eigenvalue weighted by molar-refractivity contribution is 8.18. The van der Waals surface area contributed by atoms with Crippen molar-refractivity contribution >= 4 is 45.5 Å². The van der Waals surface area contributed by atoms with Crippen LogP contribution in [0.25, 0.3) is 28.1 Å². The summed E-state index contributed by atoms with van der Waals surface area (Å²) in [6.45, 7) is 9.64. The van der Waals surface area contributed by atoms with Crippen molar-refractivity contribution in [2.24, 2.45) is 4.99 Å². The standard InChI is InChI=1S/C30H32FN5O2S/c1-2-9-34-10-12-35(13-11-34)27-6-4-22(20-25(27)31)23-7-8-32-26-5-3-21(18-24(23)26)19-28-29(37)33-30(39-28)36-14-16-38-17-15-36/h3-8,18-20H,2,9-17H2,1H3/b28-19-. The summed E-state index contributed by atoms with van der Waals surface area (Å²) in [6, 6.07) is 13.4. The van der Waals surface area contributed by atoms with Crippen LogP contribution < -0.4 is 4.90 Å². The summed E-state index contributed by atoms with van der Waals surface area (Å²) in [7, 11) is 0. The number of hydrogen-bond acceptors (Lipinski definition) is 7. The van der Waals surface area contributed by atoms with Crippen LogP contribution in [0.2, 0.25) is 0 Å². The van der Waals surface area contributed by atoms with Crippen molar-refractivity contribution < 1.29 is 13.9 Å². The van der Waals surface area contributed by atoms with E-state index in [4.69, 9.17) is 4.74 Å². The van der Waals surface area contributed by atoms with Crippen LogP contribution in [0.5, 0.6) is 0 Å². The number of pyridine rings is 1. The number of amides is 1. The van der Waals surface area contributed by atoms with Gasteiger partial charge >= 0.3 is 0 Å². The Morgan fingerprint density at radius 2 is 1.82 bits per heavy atom. The molecule has 0 N–H and O–H groups in total. The number of aromatic nitrogens is 1. The number of carbonyl (C=O) groups excluding carboxylic acids is 1. The van der Waals surface area contributed by atoms with Gasteiger partial charge in [0.2, 0.25) is 0 Å². The predicted octanol–water partition coefficient (Wildman–Crippen LogP) is 4.88. The Balaban J connectivity index is 1.24. The third-order valence-electron chi connectivity index (χ3n) is 7.47. The summed E-state index contributed by atoms with van der Waals surface area (Å²) >= 11 is 1.40. The van der Waals surface area contributed by atoms with Crippen molar-refractivity contribution in [1.29, 1.82) is 0 Å². The molecule has 2 aromatic carbocycles. The van der Waals surface area contributed by atoms with Crippen molar-refractivity contribution in [1.82, 2.24) is 14.8 Å². The van der Waals surface area contributed by atoms with Gasteiger partial charge in [0, 0.05) is 50.9 Å². The highest BCUT2D eigenvalue weighted by atomic mass is 32.2. The van der Waals surface area contributed by atoms with Crippen LogP contribution >= 0.6 is 11.8 Å². The second-order valence-corrected chi connectivity index (χ2v) is 11.0. The number of rotatable bonds is 5. The minimum absolute atomic E-state index is 0.208. The SMILES string of the molecule is CCCN1CCN(c2ccc(-c3ccnc4ccc(/C=C5\SC(N6CCOCC6)=NC5=O)cc34)cc2F)CC1. The van der Waals surface area contributed by atoms with Crippen molar-refractivity contribution in [3.8, 4) is 11.1 Å². The molecule has 0 atom stereocenters. The van der Waals surface area contributed by atoms with Gasteiger partial charge in [0.25, 0.3) is 5.91 Å². The number of amidine groups is 1. The third-order valence-corrected chi connectivity index (χ3v) is 8.51. The highest BCUT2D eigenvalue weighted by Gasteiger charge is 2.27. The summed E-state index contributed by atoms with van der Waals surface area (Å²) in [4.78, 5) is 28.7. The summed E-state index contributed by atoms with van der Waals surface area (Å²) in [5.74, 6) is -0.429. The summed E-state index contributed by atoms with van der Waals surface area (Å²) in [5.41, 5.74) is 4.08. The first-order valence-electron chi connectivity index (χ1n) is 13.6. The lowest BCUT2D eigenvalue weighted by Gasteiger charge is -2.36. The van der Waals surface area contributed by atoms with E-state index in [1.54, 1.807) is 12.3 Å². The van der Waals surface area contributed by atoms with Gasteiger partial charge in [-0.15, -0.1) is 0 Å². The van der Waals surface area contributed by atoms with Crippen LogP contribution in [0.1, 0.15) is 18.9 Å². The fourth-order valence-corrected chi connectivity index (χ4v) is 6.37. The van der Waals surface area contributed by atoms with Crippen molar-refractivity contribution in [3.63, 3.8) is 0 Å². The Labute approximate surface area is 232 Å². The number of hydrogen-bond donors (Lipinski definition) is 0. The van der Waals surface area contributed by atoms with Gasteiger partial charge < -0.3 is 14.5 Å². The van der Waals surface area contributed by atoms with Gasteiger partial charge in [0.15, 0.2) is 5.17 Å². The van der Waals surface area contributed by atoms with E-state index in [-0.39, 0.29) is 11.7 Å². The van der Waals surface area contributed by atoms with Crippen LogP contribution in [0.4, 0.5) is 10.1 Å². The lowest BCUT2D eigenvalue weighted by atomic mass is 9.99. The van der Waals surface area contributed by atoms with Crippen LogP contribution in [-0.4, -0.2) is 84.9 Å². The lowest BCUT2D eigenvalue weighted by Crippen LogP contribution is -2.46. The van der Waals surface area contributed by atoms with E-state index in [2.05, 4.69) is 31.6 Å². The number of ether oxygens (including phenoxy) is 1. The topological polar surface area (TPSA) is 61.3 Å². The van der Waals surface area contributed by atoms with Crippen molar-refractivity contribution in [2.75, 3.05) is 63.9 Å². The molecule has 0 radical (unpaired) electrons. The number of carbonyl (C=O) groups is 1. The second kappa shape index (κ2) is 11.5. The number of fused-ring (bicyclic) bond motifs is 1.